The Balaban J connectivity index is 2.18. The Morgan fingerprint density at radius 1 is 1.52 bits per heavy atom. The molecule has 3 N–H and O–H groups in total. The predicted molar refractivity (Wildman–Crippen MR) is 83.9 cm³/mol. The third kappa shape index (κ3) is 3.46. The van der Waals surface area contributed by atoms with Crippen LogP contribution in [-0.4, -0.2) is 27.5 Å². The van der Waals surface area contributed by atoms with Crippen LogP contribution in [0.3, 0.4) is 0 Å². The molecule has 2 rings (SSSR count). The van der Waals surface area contributed by atoms with Gasteiger partial charge in [0.25, 0.3) is 0 Å². The quantitative estimate of drug-likeness (QED) is 0.809. The standard InChI is InChI=1S/C16H28N4O/c1-3-6-14-18-10-11-20(14)13-7-5-8-16(12-13,15(17)21)19-9-4-2/h10-11,13,19H,3-9,12H2,1-2H3,(H2,17,21). The zero-order valence-corrected chi connectivity index (χ0v) is 13.3. The lowest BCUT2D eigenvalue weighted by Crippen LogP contribution is -2.58. The number of nitrogens with two attached hydrogens (primary N) is 1. The molecule has 118 valence electrons. The molecule has 1 amide bonds. The Kier molecular flexibility index (Phi) is 5.39. The Morgan fingerprint density at radius 3 is 3.00 bits per heavy atom. The molecular weight excluding hydrogens is 264 g/mol. The van der Waals surface area contributed by atoms with Crippen molar-refractivity contribution in [2.75, 3.05) is 6.54 Å². The van der Waals surface area contributed by atoms with Gasteiger partial charge < -0.3 is 15.6 Å². The van der Waals surface area contributed by atoms with Crippen molar-refractivity contribution in [1.82, 2.24) is 14.9 Å². The van der Waals surface area contributed by atoms with E-state index in [1.807, 2.05) is 12.4 Å². The normalized spacial score (nSPS) is 25.9. The van der Waals surface area contributed by atoms with Crippen molar-refractivity contribution in [1.29, 1.82) is 0 Å². The number of hydrogen-bond donors (Lipinski definition) is 2. The molecular formula is C16H28N4O. The van der Waals surface area contributed by atoms with Gasteiger partial charge in [-0.1, -0.05) is 13.8 Å². The second-order valence-corrected chi connectivity index (χ2v) is 6.12. The van der Waals surface area contributed by atoms with Gasteiger partial charge in [-0.25, -0.2) is 4.98 Å². The van der Waals surface area contributed by atoms with E-state index in [0.717, 1.165) is 57.3 Å². The van der Waals surface area contributed by atoms with Gasteiger partial charge in [0.1, 0.15) is 5.82 Å². The van der Waals surface area contributed by atoms with Crippen LogP contribution in [0.15, 0.2) is 12.4 Å². The van der Waals surface area contributed by atoms with Crippen LogP contribution in [0.4, 0.5) is 0 Å². The molecule has 1 aromatic heterocycles. The first kappa shape index (κ1) is 16.0. The highest BCUT2D eigenvalue weighted by Gasteiger charge is 2.41. The molecule has 2 atom stereocenters. The van der Waals surface area contributed by atoms with E-state index in [1.165, 1.54) is 0 Å². The maximum Gasteiger partial charge on any atom is 0.237 e. The highest BCUT2D eigenvalue weighted by molar-refractivity contribution is 5.84. The molecule has 1 aliphatic rings. The molecule has 0 bridgehead atoms. The minimum absolute atomic E-state index is 0.210. The van der Waals surface area contributed by atoms with Crippen molar-refractivity contribution in [3.63, 3.8) is 0 Å². The third-order valence-electron chi connectivity index (χ3n) is 4.53. The van der Waals surface area contributed by atoms with Gasteiger partial charge in [0.2, 0.25) is 5.91 Å². The van der Waals surface area contributed by atoms with Crippen molar-refractivity contribution < 1.29 is 4.79 Å². The summed E-state index contributed by atoms with van der Waals surface area (Å²) >= 11 is 0. The molecule has 0 radical (unpaired) electrons. The van der Waals surface area contributed by atoms with Gasteiger partial charge in [0.05, 0.1) is 5.54 Å². The van der Waals surface area contributed by atoms with E-state index in [2.05, 4.69) is 28.7 Å². The van der Waals surface area contributed by atoms with Gasteiger partial charge in [-0.2, -0.15) is 0 Å². The zero-order valence-electron chi connectivity index (χ0n) is 13.3. The van der Waals surface area contributed by atoms with Crippen LogP contribution in [0.25, 0.3) is 0 Å². The molecule has 2 unspecified atom stereocenters. The van der Waals surface area contributed by atoms with Gasteiger partial charge in [0, 0.05) is 24.9 Å². The summed E-state index contributed by atoms with van der Waals surface area (Å²) in [6.45, 7) is 5.11. The lowest BCUT2D eigenvalue weighted by molar-refractivity contribution is -0.126. The lowest BCUT2D eigenvalue weighted by Gasteiger charge is -2.40. The second-order valence-electron chi connectivity index (χ2n) is 6.12. The number of aryl methyl sites for hydroxylation is 1. The zero-order chi connectivity index (χ0) is 15.3. The SMILES string of the molecule is CCCNC1(C(N)=O)CCCC(n2ccnc2CCC)C1. The van der Waals surface area contributed by atoms with E-state index in [4.69, 9.17) is 5.73 Å². The van der Waals surface area contributed by atoms with Crippen LogP contribution < -0.4 is 11.1 Å². The summed E-state index contributed by atoms with van der Waals surface area (Å²) in [6, 6.07) is 0.319. The molecule has 0 saturated heterocycles. The second kappa shape index (κ2) is 7.07. The highest BCUT2D eigenvalue weighted by Crippen LogP contribution is 2.36. The van der Waals surface area contributed by atoms with E-state index < -0.39 is 5.54 Å². The summed E-state index contributed by atoms with van der Waals surface area (Å²) in [5.74, 6) is 0.913. The summed E-state index contributed by atoms with van der Waals surface area (Å²) in [7, 11) is 0. The predicted octanol–water partition coefficient (Wildman–Crippen LogP) is 2.17. The van der Waals surface area contributed by atoms with Crippen molar-refractivity contribution in [3.05, 3.63) is 18.2 Å². The summed E-state index contributed by atoms with van der Waals surface area (Å²) in [6.07, 6.45) is 10.7. The van der Waals surface area contributed by atoms with Crippen molar-refractivity contribution in [3.8, 4) is 0 Å². The average Bonchev–Trinajstić information content (AvgIpc) is 2.94. The number of imidazole rings is 1. The minimum Gasteiger partial charge on any atom is -0.368 e. The number of hydrogen-bond acceptors (Lipinski definition) is 3. The number of nitrogens with one attached hydrogen (secondary N) is 1. The fraction of sp³-hybridized carbons (Fsp3) is 0.750. The summed E-state index contributed by atoms with van der Waals surface area (Å²) < 4.78 is 2.26. The van der Waals surface area contributed by atoms with Crippen molar-refractivity contribution in [2.45, 2.75) is 70.4 Å². The lowest BCUT2D eigenvalue weighted by atomic mass is 9.78. The van der Waals surface area contributed by atoms with E-state index >= 15 is 0 Å². The first-order chi connectivity index (χ1) is 10.1. The van der Waals surface area contributed by atoms with E-state index in [-0.39, 0.29) is 5.91 Å². The van der Waals surface area contributed by atoms with E-state index in [9.17, 15) is 4.79 Å². The van der Waals surface area contributed by atoms with Gasteiger partial charge in [-0.05, 0) is 45.1 Å². The number of nitrogens with zero attached hydrogens (tertiary/aromatic N) is 2. The fourth-order valence-electron chi connectivity index (χ4n) is 3.41. The number of amides is 1. The number of carbonyl (C=O) groups is 1. The van der Waals surface area contributed by atoms with Crippen LogP contribution in [0, 0.1) is 0 Å². The van der Waals surface area contributed by atoms with Crippen molar-refractivity contribution in [2.24, 2.45) is 5.73 Å². The molecule has 5 nitrogen and oxygen atoms in total. The molecule has 1 saturated carbocycles. The first-order valence-electron chi connectivity index (χ1n) is 8.19. The molecule has 1 aromatic rings. The van der Waals surface area contributed by atoms with Crippen LogP contribution in [0.1, 0.15) is 64.2 Å². The maximum atomic E-state index is 12.0. The Hall–Kier alpha value is -1.36. The summed E-state index contributed by atoms with van der Waals surface area (Å²) in [5.41, 5.74) is 5.18. The molecule has 0 aromatic carbocycles. The Bertz CT molecular complexity index is 471. The van der Waals surface area contributed by atoms with Gasteiger partial charge in [-0.3, -0.25) is 4.79 Å². The number of rotatable bonds is 7. The van der Waals surface area contributed by atoms with Crippen molar-refractivity contribution >= 4 is 5.91 Å². The molecule has 21 heavy (non-hydrogen) atoms. The Labute approximate surface area is 127 Å². The molecule has 0 aliphatic heterocycles. The smallest absolute Gasteiger partial charge is 0.237 e. The molecule has 1 aliphatic carbocycles. The molecule has 1 heterocycles. The summed E-state index contributed by atoms with van der Waals surface area (Å²) in [5, 5.41) is 3.42. The summed E-state index contributed by atoms with van der Waals surface area (Å²) in [4.78, 5) is 16.5. The minimum atomic E-state index is -0.549. The largest absolute Gasteiger partial charge is 0.368 e. The Morgan fingerprint density at radius 2 is 2.33 bits per heavy atom. The monoisotopic (exact) mass is 292 g/mol. The van der Waals surface area contributed by atoms with E-state index in [1.54, 1.807) is 0 Å². The number of aromatic nitrogens is 2. The van der Waals surface area contributed by atoms with Gasteiger partial charge in [0.15, 0.2) is 0 Å². The van der Waals surface area contributed by atoms with Crippen LogP contribution in [-0.2, 0) is 11.2 Å². The van der Waals surface area contributed by atoms with Crippen LogP contribution >= 0.6 is 0 Å². The maximum absolute atomic E-state index is 12.0. The average molecular weight is 292 g/mol. The topological polar surface area (TPSA) is 72.9 Å². The highest BCUT2D eigenvalue weighted by atomic mass is 16.1. The number of primary amides is 1. The molecule has 5 heteroatoms. The van der Waals surface area contributed by atoms with Crippen LogP contribution in [0.5, 0.6) is 0 Å². The van der Waals surface area contributed by atoms with Crippen LogP contribution in [0.2, 0.25) is 0 Å². The third-order valence-corrected chi connectivity index (χ3v) is 4.53. The fourth-order valence-corrected chi connectivity index (χ4v) is 3.41. The molecule has 1 fully saturated rings. The first-order valence-corrected chi connectivity index (χ1v) is 8.19. The molecule has 0 spiro atoms. The van der Waals surface area contributed by atoms with Gasteiger partial charge >= 0.3 is 0 Å². The van der Waals surface area contributed by atoms with Gasteiger partial charge in [-0.15, -0.1) is 0 Å². The number of carbonyl (C=O) groups excluding carboxylic acids is 1. The van der Waals surface area contributed by atoms with E-state index in [0.29, 0.717) is 6.04 Å².